The maximum atomic E-state index is 10.1. The van der Waals surface area contributed by atoms with Gasteiger partial charge in [-0.3, -0.25) is 4.90 Å². The zero-order valence-electron chi connectivity index (χ0n) is 11.1. The Morgan fingerprint density at radius 2 is 2.06 bits per heavy atom. The van der Waals surface area contributed by atoms with Gasteiger partial charge in [-0.05, 0) is 25.3 Å². The van der Waals surface area contributed by atoms with Crippen molar-refractivity contribution >= 4 is 0 Å². The standard InChI is InChI=1S/C13H27N3O/c1-2-15(9-12-3-4-12)10-13(17)11-16-7-5-14-6-8-16/h12-14,17H,2-11H2,1H3. The van der Waals surface area contributed by atoms with Crippen molar-refractivity contribution in [2.45, 2.75) is 25.9 Å². The number of aliphatic hydroxyl groups excluding tert-OH is 1. The Labute approximate surface area is 105 Å². The van der Waals surface area contributed by atoms with Gasteiger partial charge in [-0.2, -0.15) is 0 Å². The molecule has 1 atom stereocenters. The van der Waals surface area contributed by atoms with Crippen LogP contribution in [0.3, 0.4) is 0 Å². The smallest absolute Gasteiger partial charge is 0.0793 e. The highest BCUT2D eigenvalue weighted by molar-refractivity contribution is 4.79. The van der Waals surface area contributed by atoms with Crippen LogP contribution in [0.1, 0.15) is 19.8 Å². The minimum atomic E-state index is -0.188. The van der Waals surface area contributed by atoms with Crippen LogP contribution in [0.2, 0.25) is 0 Å². The number of piperazine rings is 1. The molecule has 0 aromatic carbocycles. The molecule has 1 heterocycles. The van der Waals surface area contributed by atoms with E-state index < -0.39 is 0 Å². The molecule has 2 N–H and O–H groups in total. The zero-order valence-corrected chi connectivity index (χ0v) is 11.1. The van der Waals surface area contributed by atoms with Gasteiger partial charge in [-0.15, -0.1) is 0 Å². The van der Waals surface area contributed by atoms with Crippen molar-refractivity contribution in [1.82, 2.24) is 15.1 Å². The maximum absolute atomic E-state index is 10.1. The molecule has 0 aromatic rings. The van der Waals surface area contributed by atoms with Crippen molar-refractivity contribution in [1.29, 1.82) is 0 Å². The van der Waals surface area contributed by atoms with Gasteiger partial charge in [0.05, 0.1) is 6.10 Å². The predicted octanol–water partition coefficient (Wildman–Crippen LogP) is -0.0156. The molecule has 1 saturated carbocycles. The van der Waals surface area contributed by atoms with Crippen molar-refractivity contribution in [2.75, 3.05) is 52.4 Å². The quantitative estimate of drug-likeness (QED) is 0.657. The number of nitrogens with one attached hydrogen (secondary N) is 1. The summed E-state index contributed by atoms with van der Waals surface area (Å²) in [5.74, 6) is 0.918. The van der Waals surface area contributed by atoms with E-state index in [1.807, 2.05) is 0 Å². The fourth-order valence-electron chi connectivity index (χ4n) is 2.55. The van der Waals surface area contributed by atoms with E-state index in [0.29, 0.717) is 0 Å². The highest BCUT2D eigenvalue weighted by Gasteiger charge is 2.25. The van der Waals surface area contributed by atoms with Gasteiger partial charge in [0.15, 0.2) is 0 Å². The molecule has 0 spiro atoms. The van der Waals surface area contributed by atoms with E-state index in [-0.39, 0.29) is 6.10 Å². The number of likely N-dealkylation sites (N-methyl/N-ethyl adjacent to an activating group) is 1. The number of rotatable bonds is 7. The van der Waals surface area contributed by atoms with Crippen molar-refractivity contribution in [3.63, 3.8) is 0 Å². The average molecular weight is 241 g/mol. The van der Waals surface area contributed by atoms with Crippen molar-refractivity contribution in [3.8, 4) is 0 Å². The number of hydrogen-bond acceptors (Lipinski definition) is 4. The van der Waals surface area contributed by atoms with Crippen molar-refractivity contribution in [2.24, 2.45) is 5.92 Å². The molecule has 0 bridgehead atoms. The van der Waals surface area contributed by atoms with Crippen LogP contribution in [0.5, 0.6) is 0 Å². The molecule has 0 amide bonds. The molecule has 0 aromatic heterocycles. The van der Waals surface area contributed by atoms with E-state index in [0.717, 1.165) is 51.7 Å². The summed E-state index contributed by atoms with van der Waals surface area (Å²) in [6, 6.07) is 0. The summed E-state index contributed by atoms with van der Waals surface area (Å²) in [4.78, 5) is 4.77. The second-order valence-electron chi connectivity index (χ2n) is 5.50. The number of nitrogens with zero attached hydrogens (tertiary/aromatic N) is 2. The molecule has 2 rings (SSSR count). The molecule has 0 radical (unpaired) electrons. The third-order valence-corrected chi connectivity index (χ3v) is 3.81. The van der Waals surface area contributed by atoms with E-state index in [1.54, 1.807) is 0 Å². The lowest BCUT2D eigenvalue weighted by Crippen LogP contribution is -2.48. The summed E-state index contributed by atoms with van der Waals surface area (Å²) in [7, 11) is 0. The highest BCUT2D eigenvalue weighted by atomic mass is 16.3. The monoisotopic (exact) mass is 241 g/mol. The van der Waals surface area contributed by atoms with Crippen LogP contribution in [-0.2, 0) is 0 Å². The van der Waals surface area contributed by atoms with E-state index in [1.165, 1.54) is 19.4 Å². The molecular formula is C13H27N3O. The first-order valence-electron chi connectivity index (χ1n) is 7.11. The third-order valence-electron chi connectivity index (χ3n) is 3.81. The van der Waals surface area contributed by atoms with E-state index in [4.69, 9.17) is 0 Å². The Balaban J connectivity index is 1.64. The second kappa shape index (κ2) is 6.69. The van der Waals surface area contributed by atoms with Gasteiger partial charge in [0.1, 0.15) is 0 Å². The van der Waals surface area contributed by atoms with Gasteiger partial charge in [0, 0.05) is 45.8 Å². The van der Waals surface area contributed by atoms with Crippen molar-refractivity contribution in [3.05, 3.63) is 0 Å². The molecule has 1 unspecified atom stereocenters. The Morgan fingerprint density at radius 3 is 2.65 bits per heavy atom. The first kappa shape index (κ1) is 13.3. The van der Waals surface area contributed by atoms with Crippen LogP contribution in [0.25, 0.3) is 0 Å². The molecule has 100 valence electrons. The minimum absolute atomic E-state index is 0.188. The summed E-state index contributed by atoms with van der Waals surface area (Å²) in [6.45, 7) is 10.4. The molecule has 2 aliphatic rings. The molecule has 1 aliphatic carbocycles. The summed E-state index contributed by atoms with van der Waals surface area (Å²) < 4.78 is 0. The molecule has 2 fully saturated rings. The van der Waals surface area contributed by atoms with E-state index >= 15 is 0 Å². The Bertz CT molecular complexity index is 215. The lowest BCUT2D eigenvalue weighted by molar-refractivity contribution is 0.0695. The van der Waals surface area contributed by atoms with Crippen LogP contribution in [0.4, 0.5) is 0 Å². The first-order chi connectivity index (χ1) is 8.28. The highest BCUT2D eigenvalue weighted by Crippen LogP contribution is 2.29. The number of aliphatic hydroxyl groups is 1. The Kier molecular flexibility index (Phi) is 5.22. The number of hydrogen-bond donors (Lipinski definition) is 2. The Morgan fingerprint density at radius 1 is 1.35 bits per heavy atom. The fourth-order valence-corrected chi connectivity index (χ4v) is 2.55. The van der Waals surface area contributed by atoms with Crippen LogP contribution in [-0.4, -0.2) is 73.4 Å². The molecular weight excluding hydrogens is 214 g/mol. The minimum Gasteiger partial charge on any atom is -0.390 e. The summed E-state index contributed by atoms with van der Waals surface area (Å²) in [5, 5.41) is 13.5. The van der Waals surface area contributed by atoms with Gasteiger partial charge in [-0.25, -0.2) is 0 Å². The van der Waals surface area contributed by atoms with E-state index in [2.05, 4.69) is 22.0 Å². The van der Waals surface area contributed by atoms with Crippen LogP contribution < -0.4 is 5.32 Å². The van der Waals surface area contributed by atoms with Crippen molar-refractivity contribution < 1.29 is 5.11 Å². The summed E-state index contributed by atoms with van der Waals surface area (Å²) >= 11 is 0. The van der Waals surface area contributed by atoms with Crippen LogP contribution >= 0.6 is 0 Å². The van der Waals surface area contributed by atoms with Crippen LogP contribution in [0.15, 0.2) is 0 Å². The van der Waals surface area contributed by atoms with Gasteiger partial charge >= 0.3 is 0 Å². The maximum Gasteiger partial charge on any atom is 0.0793 e. The summed E-state index contributed by atoms with van der Waals surface area (Å²) in [6.07, 6.45) is 2.60. The predicted molar refractivity (Wildman–Crippen MR) is 70.2 cm³/mol. The first-order valence-corrected chi connectivity index (χ1v) is 7.11. The largest absolute Gasteiger partial charge is 0.390 e. The number of β-amino-alcohol motifs (C(OH)–C–C–N with tert-alkyl or cyclic N) is 1. The van der Waals surface area contributed by atoms with Gasteiger partial charge in [-0.1, -0.05) is 6.92 Å². The average Bonchev–Trinajstić information content (AvgIpc) is 3.13. The van der Waals surface area contributed by atoms with Gasteiger partial charge < -0.3 is 15.3 Å². The lowest BCUT2D eigenvalue weighted by Gasteiger charge is -2.31. The summed E-state index contributed by atoms with van der Waals surface area (Å²) in [5.41, 5.74) is 0. The lowest BCUT2D eigenvalue weighted by atomic mass is 10.2. The zero-order chi connectivity index (χ0) is 12.1. The second-order valence-corrected chi connectivity index (χ2v) is 5.50. The van der Waals surface area contributed by atoms with Gasteiger partial charge in [0.25, 0.3) is 0 Å². The SMILES string of the molecule is CCN(CC(O)CN1CCNCC1)CC1CC1. The normalized spacial score (nSPS) is 24.2. The van der Waals surface area contributed by atoms with E-state index in [9.17, 15) is 5.11 Å². The molecule has 4 nitrogen and oxygen atoms in total. The van der Waals surface area contributed by atoms with Gasteiger partial charge in [0.2, 0.25) is 0 Å². The molecule has 1 aliphatic heterocycles. The third kappa shape index (κ3) is 4.92. The fraction of sp³-hybridized carbons (Fsp3) is 1.00. The van der Waals surface area contributed by atoms with Crippen LogP contribution in [0, 0.1) is 5.92 Å². The Hall–Kier alpha value is -0.160. The topological polar surface area (TPSA) is 38.7 Å². The molecule has 4 heteroatoms. The molecule has 17 heavy (non-hydrogen) atoms. The molecule has 1 saturated heterocycles.